The molecule has 1 unspecified atom stereocenters. The molecule has 2 aromatic heterocycles. The van der Waals surface area contributed by atoms with Crippen LogP contribution >= 0.6 is 15.9 Å². The predicted molar refractivity (Wildman–Crippen MR) is 90.5 cm³/mol. The molecule has 0 aliphatic carbocycles. The van der Waals surface area contributed by atoms with Crippen molar-refractivity contribution in [1.29, 1.82) is 0 Å². The molecule has 5 nitrogen and oxygen atoms in total. The molecule has 1 aliphatic heterocycles. The van der Waals surface area contributed by atoms with Gasteiger partial charge >= 0.3 is 0 Å². The third-order valence-corrected chi connectivity index (χ3v) is 4.39. The summed E-state index contributed by atoms with van der Waals surface area (Å²) in [4.78, 5) is 8.68. The van der Waals surface area contributed by atoms with Crippen LogP contribution in [-0.4, -0.2) is 23.2 Å². The maximum atomic E-state index is 6.05. The van der Waals surface area contributed by atoms with Crippen LogP contribution in [0.3, 0.4) is 0 Å². The summed E-state index contributed by atoms with van der Waals surface area (Å²) < 4.78 is 6.25. The molecule has 0 amide bonds. The highest BCUT2D eigenvalue weighted by molar-refractivity contribution is 9.10. The molecule has 0 bridgehead atoms. The Balaban J connectivity index is 1.89. The lowest BCUT2D eigenvalue weighted by Crippen LogP contribution is -2.28. The number of hydrogen-bond donors (Lipinski definition) is 2. The van der Waals surface area contributed by atoms with Gasteiger partial charge < -0.3 is 15.8 Å². The second-order valence-electron chi connectivity index (χ2n) is 5.42. The summed E-state index contributed by atoms with van der Waals surface area (Å²) in [7, 11) is 0. The molecule has 1 atom stereocenters. The average molecular weight is 363 g/mol. The fourth-order valence-electron chi connectivity index (χ4n) is 2.78. The summed E-state index contributed by atoms with van der Waals surface area (Å²) in [5, 5.41) is 3.56. The van der Waals surface area contributed by atoms with E-state index < -0.39 is 0 Å². The monoisotopic (exact) mass is 362 g/mol. The van der Waals surface area contributed by atoms with E-state index in [-0.39, 0.29) is 6.04 Å². The lowest BCUT2D eigenvalue weighted by atomic mass is 9.89. The summed E-state index contributed by atoms with van der Waals surface area (Å²) in [5.74, 6) is 0.468. The van der Waals surface area contributed by atoms with E-state index in [0.29, 0.717) is 11.6 Å². The lowest BCUT2D eigenvalue weighted by molar-refractivity contribution is 0.0601. The molecule has 0 spiro atoms. The van der Waals surface area contributed by atoms with Gasteiger partial charge in [-0.2, -0.15) is 0 Å². The normalized spacial score (nSPS) is 17.1. The molecule has 3 N–H and O–H groups in total. The van der Waals surface area contributed by atoms with Crippen LogP contribution in [0.1, 0.15) is 24.6 Å². The Kier molecular flexibility index (Phi) is 4.90. The topological polar surface area (TPSA) is 73.1 Å². The molecule has 1 fully saturated rings. The van der Waals surface area contributed by atoms with Gasteiger partial charge in [0.05, 0.1) is 29.3 Å². The minimum atomic E-state index is 0.113. The van der Waals surface area contributed by atoms with Crippen LogP contribution in [0.5, 0.6) is 0 Å². The number of rotatable bonds is 4. The van der Waals surface area contributed by atoms with Gasteiger partial charge in [0.1, 0.15) is 4.60 Å². The second-order valence-corrected chi connectivity index (χ2v) is 6.23. The van der Waals surface area contributed by atoms with Crippen LogP contribution in [-0.2, 0) is 4.74 Å². The first-order valence-corrected chi connectivity index (χ1v) is 8.19. The Hall–Kier alpha value is -1.66. The van der Waals surface area contributed by atoms with Crippen LogP contribution in [0.2, 0.25) is 0 Å². The minimum absolute atomic E-state index is 0.113. The Morgan fingerprint density at radius 3 is 2.82 bits per heavy atom. The Morgan fingerprint density at radius 2 is 2.09 bits per heavy atom. The largest absolute Gasteiger partial charge is 0.396 e. The first-order chi connectivity index (χ1) is 10.7. The Labute approximate surface area is 138 Å². The van der Waals surface area contributed by atoms with Crippen LogP contribution < -0.4 is 11.1 Å². The molecule has 116 valence electrons. The molecule has 2 aromatic rings. The van der Waals surface area contributed by atoms with Gasteiger partial charge in [-0.1, -0.05) is 6.07 Å². The molecule has 6 heteroatoms. The second kappa shape index (κ2) is 7.07. The fourth-order valence-corrected chi connectivity index (χ4v) is 3.11. The molecule has 0 aromatic carbocycles. The van der Waals surface area contributed by atoms with Crippen molar-refractivity contribution in [1.82, 2.24) is 9.97 Å². The molecular formula is C16H19BrN4O. The van der Waals surface area contributed by atoms with Crippen molar-refractivity contribution < 1.29 is 4.74 Å². The lowest BCUT2D eigenvalue weighted by Gasteiger charge is -2.31. The van der Waals surface area contributed by atoms with E-state index in [1.54, 1.807) is 6.20 Å². The van der Waals surface area contributed by atoms with Crippen LogP contribution in [0.15, 0.2) is 41.3 Å². The first-order valence-electron chi connectivity index (χ1n) is 7.40. The summed E-state index contributed by atoms with van der Waals surface area (Å²) in [6.07, 6.45) is 5.52. The molecule has 0 saturated carbocycles. The van der Waals surface area contributed by atoms with Gasteiger partial charge in [0, 0.05) is 19.4 Å². The van der Waals surface area contributed by atoms with E-state index in [9.17, 15) is 0 Å². The maximum Gasteiger partial charge on any atom is 0.108 e. The van der Waals surface area contributed by atoms with Gasteiger partial charge in [-0.3, -0.25) is 4.98 Å². The van der Waals surface area contributed by atoms with Gasteiger partial charge in [-0.05, 0) is 52.9 Å². The fraction of sp³-hybridized carbons (Fsp3) is 0.375. The molecule has 22 heavy (non-hydrogen) atoms. The quantitative estimate of drug-likeness (QED) is 0.815. The average Bonchev–Trinajstić information content (AvgIpc) is 2.57. The summed E-state index contributed by atoms with van der Waals surface area (Å²) >= 11 is 3.40. The van der Waals surface area contributed by atoms with Gasteiger partial charge in [0.25, 0.3) is 0 Å². The standard InChI is InChI=1S/C16H19BrN4O/c17-15-9-14(12(18)10-20-15)21-16(11-4-7-22-8-5-11)13-3-1-2-6-19-13/h1-3,6,9-11,16H,4-5,7-8,18H2,(H,20,21). The van der Waals surface area contributed by atoms with Gasteiger partial charge in [0.15, 0.2) is 0 Å². The number of nitrogens with two attached hydrogens (primary N) is 1. The maximum absolute atomic E-state index is 6.05. The predicted octanol–water partition coefficient (Wildman–Crippen LogP) is 3.40. The summed E-state index contributed by atoms with van der Waals surface area (Å²) in [5.41, 5.74) is 8.60. The zero-order valence-electron chi connectivity index (χ0n) is 12.2. The zero-order valence-corrected chi connectivity index (χ0v) is 13.8. The zero-order chi connectivity index (χ0) is 15.4. The Morgan fingerprint density at radius 1 is 1.27 bits per heavy atom. The highest BCUT2D eigenvalue weighted by atomic mass is 79.9. The van der Waals surface area contributed by atoms with E-state index in [1.807, 2.05) is 24.4 Å². The van der Waals surface area contributed by atoms with E-state index in [0.717, 1.165) is 42.0 Å². The SMILES string of the molecule is Nc1cnc(Br)cc1NC(c1ccccn1)C1CCOCC1. The van der Waals surface area contributed by atoms with Gasteiger partial charge in [-0.25, -0.2) is 4.98 Å². The summed E-state index contributed by atoms with van der Waals surface area (Å²) in [6.45, 7) is 1.59. The first kappa shape index (κ1) is 15.2. The number of anilines is 2. The number of nitrogen functional groups attached to an aromatic ring is 1. The van der Waals surface area contributed by atoms with Gasteiger partial charge in [-0.15, -0.1) is 0 Å². The van der Waals surface area contributed by atoms with Crippen molar-refractivity contribution in [2.75, 3.05) is 24.3 Å². The van der Waals surface area contributed by atoms with Crippen LogP contribution in [0.4, 0.5) is 11.4 Å². The van der Waals surface area contributed by atoms with Gasteiger partial charge in [0.2, 0.25) is 0 Å². The van der Waals surface area contributed by atoms with Crippen molar-refractivity contribution in [2.24, 2.45) is 5.92 Å². The van der Waals surface area contributed by atoms with Crippen molar-refractivity contribution in [3.63, 3.8) is 0 Å². The number of hydrogen-bond acceptors (Lipinski definition) is 5. The van der Waals surface area contributed by atoms with Crippen LogP contribution in [0.25, 0.3) is 0 Å². The number of nitrogens with one attached hydrogen (secondary N) is 1. The van der Waals surface area contributed by atoms with Crippen LogP contribution in [0, 0.1) is 5.92 Å². The number of aromatic nitrogens is 2. The summed E-state index contributed by atoms with van der Waals surface area (Å²) in [6, 6.07) is 8.02. The minimum Gasteiger partial charge on any atom is -0.396 e. The number of nitrogens with zero attached hydrogens (tertiary/aromatic N) is 2. The number of ether oxygens (including phenoxy) is 1. The van der Waals surface area contributed by atoms with E-state index in [4.69, 9.17) is 10.5 Å². The molecule has 3 rings (SSSR count). The van der Waals surface area contributed by atoms with Crippen molar-refractivity contribution in [3.8, 4) is 0 Å². The highest BCUT2D eigenvalue weighted by Crippen LogP contribution is 2.34. The molecule has 0 radical (unpaired) electrons. The molecular weight excluding hydrogens is 344 g/mol. The smallest absolute Gasteiger partial charge is 0.108 e. The van der Waals surface area contributed by atoms with Crippen molar-refractivity contribution >= 4 is 27.3 Å². The molecule has 3 heterocycles. The van der Waals surface area contributed by atoms with E-state index >= 15 is 0 Å². The number of halogens is 1. The third kappa shape index (κ3) is 3.56. The Bertz CT molecular complexity index is 617. The third-order valence-electron chi connectivity index (χ3n) is 3.96. The van der Waals surface area contributed by atoms with E-state index in [2.05, 4.69) is 37.3 Å². The number of pyridine rings is 2. The van der Waals surface area contributed by atoms with E-state index in [1.165, 1.54) is 0 Å². The van der Waals surface area contributed by atoms with Crippen molar-refractivity contribution in [2.45, 2.75) is 18.9 Å². The molecule has 1 aliphatic rings. The van der Waals surface area contributed by atoms with Crippen molar-refractivity contribution in [3.05, 3.63) is 47.0 Å². The molecule has 1 saturated heterocycles. The highest BCUT2D eigenvalue weighted by Gasteiger charge is 2.26.